The first-order valence-electron chi connectivity index (χ1n) is 6.53. The lowest BCUT2D eigenvalue weighted by Gasteiger charge is -2.35. The molecule has 0 spiro atoms. The van der Waals surface area contributed by atoms with Gasteiger partial charge < -0.3 is 14.7 Å². The summed E-state index contributed by atoms with van der Waals surface area (Å²) < 4.78 is 42.7. The van der Waals surface area contributed by atoms with E-state index in [1.54, 1.807) is 6.92 Å². The molecule has 0 aromatic heterocycles. The number of carbonyl (C=O) groups excluding carboxylic acids is 1. The lowest BCUT2D eigenvalue weighted by molar-refractivity contribution is -0.160. The van der Waals surface area contributed by atoms with Crippen LogP contribution in [0.15, 0.2) is 24.3 Å². The molecule has 1 saturated heterocycles. The standard InChI is InChI=1S/C14H14F3NO4/c1-8-6-18(7-11(22-8)13(20)21)12(19)9-2-4-10(5-3-9)14(15,16)17/h2-5,8,11H,6-7H2,1H3,(H,20,21)/t8-,11?/m1/s1. The normalized spacial score (nSPS) is 22.5. The van der Waals surface area contributed by atoms with Gasteiger partial charge in [0.25, 0.3) is 5.91 Å². The fraction of sp³-hybridized carbons (Fsp3) is 0.429. The van der Waals surface area contributed by atoms with Gasteiger partial charge in [-0.3, -0.25) is 4.79 Å². The lowest BCUT2D eigenvalue weighted by Crippen LogP contribution is -2.51. The van der Waals surface area contributed by atoms with Gasteiger partial charge >= 0.3 is 12.1 Å². The zero-order valence-corrected chi connectivity index (χ0v) is 11.6. The molecule has 8 heteroatoms. The molecule has 2 atom stereocenters. The highest BCUT2D eigenvalue weighted by molar-refractivity contribution is 5.94. The molecule has 5 nitrogen and oxygen atoms in total. The van der Waals surface area contributed by atoms with Crippen LogP contribution in [-0.4, -0.2) is 47.2 Å². The van der Waals surface area contributed by atoms with Gasteiger partial charge in [-0.05, 0) is 31.2 Å². The van der Waals surface area contributed by atoms with Crippen molar-refractivity contribution in [2.45, 2.75) is 25.3 Å². The van der Waals surface area contributed by atoms with Gasteiger partial charge in [0.15, 0.2) is 6.10 Å². The Morgan fingerprint density at radius 3 is 2.32 bits per heavy atom. The summed E-state index contributed by atoms with van der Waals surface area (Å²) in [5, 5.41) is 8.96. The first-order valence-corrected chi connectivity index (χ1v) is 6.53. The van der Waals surface area contributed by atoms with E-state index in [4.69, 9.17) is 9.84 Å². The molecule has 120 valence electrons. The van der Waals surface area contributed by atoms with Crippen molar-refractivity contribution >= 4 is 11.9 Å². The second-order valence-electron chi connectivity index (χ2n) is 5.06. The molecule has 1 aromatic carbocycles. The van der Waals surface area contributed by atoms with E-state index in [1.165, 1.54) is 4.90 Å². The topological polar surface area (TPSA) is 66.8 Å². The SMILES string of the molecule is C[C@@H]1CN(C(=O)c2ccc(C(F)(F)F)cc2)CC(C(=O)O)O1. The molecule has 1 aromatic rings. The summed E-state index contributed by atoms with van der Waals surface area (Å²) >= 11 is 0. The molecule has 1 N–H and O–H groups in total. The number of alkyl halides is 3. The highest BCUT2D eigenvalue weighted by Gasteiger charge is 2.34. The Kier molecular flexibility index (Phi) is 4.41. The number of benzene rings is 1. The van der Waals surface area contributed by atoms with Crippen LogP contribution in [0.5, 0.6) is 0 Å². The fourth-order valence-electron chi connectivity index (χ4n) is 2.24. The highest BCUT2D eigenvalue weighted by atomic mass is 19.4. The number of halogens is 3. The number of carbonyl (C=O) groups is 2. The maximum atomic E-state index is 12.5. The zero-order chi connectivity index (χ0) is 16.5. The summed E-state index contributed by atoms with van der Waals surface area (Å²) in [5.41, 5.74) is -0.769. The van der Waals surface area contributed by atoms with Crippen molar-refractivity contribution in [2.75, 3.05) is 13.1 Å². The molecular weight excluding hydrogens is 303 g/mol. The highest BCUT2D eigenvalue weighted by Crippen LogP contribution is 2.29. The summed E-state index contributed by atoms with van der Waals surface area (Å²) in [6.07, 6.45) is -6.07. The third-order valence-electron chi connectivity index (χ3n) is 3.28. The molecule has 1 aliphatic rings. The summed E-state index contributed by atoms with van der Waals surface area (Å²) in [6, 6.07) is 3.82. The molecule has 1 fully saturated rings. The number of nitrogens with zero attached hydrogens (tertiary/aromatic N) is 1. The Labute approximate surface area is 124 Å². The van der Waals surface area contributed by atoms with E-state index >= 15 is 0 Å². The molecule has 1 unspecified atom stereocenters. The first kappa shape index (κ1) is 16.3. The van der Waals surface area contributed by atoms with E-state index in [2.05, 4.69) is 0 Å². The molecule has 0 aliphatic carbocycles. The Morgan fingerprint density at radius 2 is 1.82 bits per heavy atom. The second-order valence-corrected chi connectivity index (χ2v) is 5.06. The summed E-state index contributed by atoms with van der Waals surface area (Å²) in [7, 11) is 0. The Hall–Kier alpha value is -2.09. The predicted molar refractivity (Wildman–Crippen MR) is 69.3 cm³/mol. The smallest absolute Gasteiger partial charge is 0.416 e. The number of amides is 1. The van der Waals surface area contributed by atoms with Crippen LogP contribution in [-0.2, 0) is 15.7 Å². The van der Waals surface area contributed by atoms with Gasteiger partial charge in [0.05, 0.1) is 18.2 Å². The predicted octanol–water partition coefficient (Wildman–Crippen LogP) is 2.02. The minimum absolute atomic E-state index is 0.0752. The largest absolute Gasteiger partial charge is 0.479 e. The monoisotopic (exact) mass is 317 g/mol. The number of carboxylic acid groups (broad SMARTS) is 1. The van der Waals surface area contributed by atoms with Gasteiger partial charge in [0.2, 0.25) is 0 Å². The van der Waals surface area contributed by atoms with Crippen molar-refractivity contribution in [3.05, 3.63) is 35.4 Å². The van der Waals surface area contributed by atoms with Crippen molar-refractivity contribution in [3.63, 3.8) is 0 Å². The maximum Gasteiger partial charge on any atom is 0.416 e. The minimum atomic E-state index is -4.47. The molecular formula is C14H14F3NO4. The lowest BCUT2D eigenvalue weighted by atomic mass is 10.1. The molecule has 1 aliphatic heterocycles. The van der Waals surface area contributed by atoms with E-state index in [9.17, 15) is 22.8 Å². The van der Waals surface area contributed by atoms with Crippen molar-refractivity contribution in [3.8, 4) is 0 Å². The van der Waals surface area contributed by atoms with Crippen LogP contribution in [0.2, 0.25) is 0 Å². The first-order chi connectivity index (χ1) is 10.2. The minimum Gasteiger partial charge on any atom is -0.479 e. The third-order valence-corrected chi connectivity index (χ3v) is 3.28. The Balaban J connectivity index is 2.15. The number of carboxylic acids is 1. The Morgan fingerprint density at radius 1 is 1.23 bits per heavy atom. The number of hydrogen-bond acceptors (Lipinski definition) is 3. The number of ether oxygens (including phenoxy) is 1. The zero-order valence-electron chi connectivity index (χ0n) is 11.6. The van der Waals surface area contributed by atoms with Crippen LogP contribution in [0.25, 0.3) is 0 Å². The van der Waals surface area contributed by atoms with Gasteiger partial charge in [-0.1, -0.05) is 0 Å². The van der Waals surface area contributed by atoms with E-state index in [0.717, 1.165) is 24.3 Å². The van der Waals surface area contributed by atoms with Crippen molar-refractivity contribution in [1.82, 2.24) is 4.90 Å². The fourth-order valence-corrected chi connectivity index (χ4v) is 2.24. The van der Waals surface area contributed by atoms with Crippen molar-refractivity contribution < 1.29 is 32.6 Å². The van der Waals surface area contributed by atoms with Gasteiger partial charge in [-0.15, -0.1) is 0 Å². The van der Waals surface area contributed by atoms with Gasteiger partial charge in [-0.25, -0.2) is 4.79 Å². The van der Waals surface area contributed by atoms with Gasteiger partial charge in [0, 0.05) is 12.1 Å². The number of aliphatic carboxylic acids is 1. The molecule has 1 heterocycles. The quantitative estimate of drug-likeness (QED) is 0.906. The average molecular weight is 317 g/mol. The van der Waals surface area contributed by atoms with Crippen LogP contribution in [0, 0.1) is 0 Å². The van der Waals surface area contributed by atoms with Crippen LogP contribution < -0.4 is 0 Å². The van der Waals surface area contributed by atoms with Gasteiger partial charge in [-0.2, -0.15) is 13.2 Å². The Bertz CT molecular complexity index is 570. The molecule has 2 rings (SSSR count). The second kappa shape index (κ2) is 5.96. The van der Waals surface area contributed by atoms with Gasteiger partial charge in [0.1, 0.15) is 0 Å². The summed E-state index contributed by atoms with van der Waals surface area (Å²) in [5.74, 6) is -1.70. The van der Waals surface area contributed by atoms with E-state index < -0.39 is 35.8 Å². The average Bonchev–Trinajstić information content (AvgIpc) is 2.45. The molecule has 22 heavy (non-hydrogen) atoms. The van der Waals surface area contributed by atoms with E-state index in [0.29, 0.717) is 0 Å². The van der Waals surface area contributed by atoms with Crippen LogP contribution in [0.4, 0.5) is 13.2 Å². The van der Waals surface area contributed by atoms with E-state index in [-0.39, 0.29) is 18.7 Å². The molecule has 0 bridgehead atoms. The number of hydrogen-bond donors (Lipinski definition) is 1. The van der Waals surface area contributed by atoms with Crippen LogP contribution in [0.3, 0.4) is 0 Å². The van der Waals surface area contributed by atoms with E-state index in [1.807, 2.05) is 0 Å². The molecule has 0 saturated carbocycles. The van der Waals surface area contributed by atoms with Crippen molar-refractivity contribution in [2.24, 2.45) is 0 Å². The van der Waals surface area contributed by atoms with Crippen LogP contribution in [0.1, 0.15) is 22.8 Å². The van der Waals surface area contributed by atoms with Crippen molar-refractivity contribution in [1.29, 1.82) is 0 Å². The van der Waals surface area contributed by atoms with Crippen LogP contribution >= 0.6 is 0 Å². The third kappa shape index (κ3) is 3.56. The number of rotatable bonds is 2. The molecule has 0 radical (unpaired) electrons. The molecule has 1 amide bonds. The summed E-state index contributed by atoms with van der Waals surface area (Å²) in [4.78, 5) is 24.5. The summed E-state index contributed by atoms with van der Waals surface area (Å²) in [6.45, 7) is 1.67. The maximum absolute atomic E-state index is 12.5. The number of morpholine rings is 1.